The van der Waals surface area contributed by atoms with Crippen LogP contribution in [0, 0.1) is 0 Å². The van der Waals surface area contributed by atoms with Crippen molar-refractivity contribution in [2.45, 2.75) is 31.1 Å². The van der Waals surface area contributed by atoms with Gasteiger partial charge in [-0.2, -0.15) is 0 Å². The molecule has 4 unspecified atom stereocenters. The fourth-order valence-corrected chi connectivity index (χ4v) is 3.97. The molecule has 2 aromatic heterocycles. The van der Waals surface area contributed by atoms with E-state index in [-0.39, 0.29) is 6.54 Å². The number of ether oxygens (including phenoxy) is 1. The summed E-state index contributed by atoms with van der Waals surface area (Å²) in [5, 5.41) is 20.6. The molecule has 1 fully saturated rings. The number of hydrogen-bond acceptors (Lipinski definition) is 10. The van der Waals surface area contributed by atoms with Gasteiger partial charge in [0.15, 0.2) is 6.23 Å². The lowest BCUT2D eigenvalue weighted by atomic mass is 10.1. The molecule has 1 aromatic carbocycles. The van der Waals surface area contributed by atoms with E-state index in [0.29, 0.717) is 11.4 Å². The predicted octanol–water partition coefficient (Wildman–Crippen LogP) is -0.450. The summed E-state index contributed by atoms with van der Waals surface area (Å²) >= 11 is 0. The van der Waals surface area contributed by atoms with Crippen molar-refractivity contribution in [2.24, 2.45) is 0 Å². The van der Waals surface area contributed by atoms with E-state index >= 15 is 0 Å². The number of anilines is 1. The van der Waals surface area contributed by atoms with Crippen molar-refractivity contribution < 1.29 is 29.3 Å². The number of aromatic nitrogens is 3. The van der Waals surface area contributed by atoms with Crippen molar-refractivity contribution in [3.8, 4) is 11.1 Å². The first-order valence-electron chi connectivity index (χ1n) is 10.2. The van der Waals surface area contributed by atoms with Gasteiger partial charge in [-0.1, -0.05) is 12.1 Å². The molecule has 0 saturated carbocycles. The van der Waals surface area contributed by atoms with Gasteiger partial charge in [0.25, 0.3) is 5.56 Å². The standard InChI is InChI=1S/C21H23N4O8P/c22-14-3-1-12(2-4-14)13-5-7-23-15(9-13)10-25-17(26)6-8-24(21(25)29)20-19(28)18(27)16(33-20)11-32-34(30)31/h1-9,16,18-20,27-28,30-31H,10-11,22H2. The molecule has 6 N–H and O–H groups in total. The lowest BCUT2D eigenvalue weighted by Crippen LogP contribution is -2.43. The van der Waals surface area contributed by atoms with Crippen LogP contribution in [0.2, 0.25) is 0 Å². The second-order valence-corrected chi connectivity index (χ2v) is 8.45. The van der Waals surface area contributed by atoms with Crippen LogP contribution in [-0.2, 0) is 15.8 Å². The van der Waals surface area contributed by atoms with Gasteiger partial charge in [-0.3, -0.25) is 18.9 Å². The largest absolute Gasteiger partial charge is 0.399 e. The summed E-state index contributed by atoms with van der Waals surface area (Å²) in [5.74, 6) is 0. The molecule has 0 spiro atoms. The Bertz CT molecular complexity index is 1260. The number of nitrogens with zero attached hydrogens (tertiary/aromatic N) is 3. The molecular formula is C21H23N4O8P. The fourth-order valence-electron chi connectivity index (χ4n) is 3.69. The summed E-state index contributed by atoms with van der Waals surface area (Å²) in [6.07, 6.45) is -2.68. The average Bonchev–Trinajstić information content (AvgIpc) is 3.09. The number of aliphatic hydroxyl groups is 2. The summed E-state index contributed by atoms with van der Waals surface area (Å²) in [7, 11) is -2.68. The molecule has 12 nitrogen and oxygen atoms in total. The number of nitrogen functional groups attached to an aromatic ring is 1. The molecule has 4 atom stereocenters. The maximum absolute atomic E-state index is 13.1. The molecule has 0 radical (unpaired) electrons. The van der Waals surface area contributed by atoms with E-state index in [1.165, 1.54) is 0 Å². The van der Waals surface area contributed by atoms with Gasteiger partial charge >= 0.3 is 14.3 Å². The third kappa shape index (κ3) is 5.08. The van der Waals surface area contributed by atoms with Gasteiger partial charge < -0.3 is 35.0 Å². The van der Waals surface area contributed by atoms with Gasteiger partial charge in [-0.05, 0) is 35.4 Å². The van der Waals surface area contributed by atoms with E-state index in [4.69, 9.17) is 20.3 Å². The Kier molecular flexibility index (Phi) is 7.19. The Hall–Kier alpha value is -2.96. The van der Waals surface area contributed by atoms with Crippen molar-refractivity contribution >= 4 is 14.3 Å². The zero-order valence-electron chi connectivity index (χ0n) is 17.7. The summed E-state index contributed by atoms with van der Waals surface area (Å²) < 4.78 is 12.1. The minimum absolute atomic E-state index is 0.140. The van der Waals surface area contributed by atoms with Gasteiger partial charge in [0, 0.05) is 24.1 Å². The highest BCUT2D eigenvalue weighted by atomic mass is 31.2. The third-order valence-corrected chi connectivity index (χ3v) is 5.82. The molecule has 0 amide bonds. The monoisotopic (exact) mass is 490 g/mol. The molecule has 3 heterocycles. The summed E-state index contributed by atoms with van der Waals surface area (Å²) in [6.45, 7) is -0.553. The molecule has 0 aliphatic carbocycles. The van der Waals surface area contributed by atoms with Gasteiger partial charge in [-0.25, -0.2) is 4.79 Å². The van der Waals surface area contributed by atoms with Crippen LogP contribution in [-0.4, -0.2) is 59.0 Å². The lowest BCUT2D eigenvalue weighted by molar-refractivity contribution is -0.0531. The number of hydrogen-bond donors (Lipinski definition) is 5. The van der Waals surface area contributed by atoms with Gasteiger partial charge in [-0.15, -0.1) is 0 Å². The molecule has 1 aliphatic heterocycles. The van der Waals surface area contributed by atoms with Crippen LogP contribution in [0.25, 0.3) is 11.1 Å². The van der Waals surface area contributed by atoms with Crippen LogP contribution in [0.1, 0.15) is 11.9 Å². The second-order valence-electron chi connectivity index (χ2n) is 7.68. The van der Waals surface area contributed by atoms with Gasteiger partial charge in [0.1, 0.15) is 18.3 Å². The van der Waals surface area contributed by atoms with Crippen LogP contribution in [0.15, 0.2) is 64.4 Å². The first kappa shape index (κ1) is 24.2. The zero-order valence-corrected chi connectivity index (χ0v) is 18.6. The quantitative estimate of drug-likeness (QED) is 0.215. The highest BCUT2D eigenvalue weighted by Crippen LogP contribution is 2.32. The Morgan fingerprint density at radius 2 is 1.79 bits per heavy atom. The third-order valence-electron chi connectivity index (χ3n) is 5.44. The number of pyridine rings is 1. The van der Waals surface area contributed by atoms with Crippen molar-refractivity contribution in [2.75, 3.05) is 12.3 Å². The van der Waals surface area contributed by atoms with E-state index in [0.717, 1.165) is 32.5 Å². The molecule has 1 saturated heterocycles. The van der Waals surface area contributed by atoms with Gasteiger partial charge in [0.2, 0.25) is 0 Å². The summed E-state index contributed by atoms with van der Waals surface area (Å²) in [5.41, 5.74) is 7.15. The van der Waals surface area contributed by atoms with E-state index < -0.39 is 51.0 Å². The maximum atomic E-state index is 13.1. The number of nitrogens with two attached hydrogens (primary N) is 1. The maximum Gasteiger partial charge on any atom is 0.333 e. The molecule has 34 heavy (non-hydrogen) atoms. The molecule has 0 bridgehead atoms. The van der Waals surface area contributed by atoms with Crippen molar-refractivity contribution in [1.82, 2.24) is 14.1 Å². The van der Waals surface area contributed by atoms with Crippen molar-refractivity contribution in [1.29, 1.82) is 0 Å². The second kappa shape index (κ2) is 10.1. The van der Waals surface area contributed by atoms with Crippen molar-refractivity contribution in [3.05, 3.63) is 81.4 Å². The first-order chi connectivity index (χ1) is 16.2. The summed E-state index contributed by atoms with van der Waals surface area (Å²) in [6, 6.07) is 11.9. The summed E-state index contributed by atoms with van der Waals surface area (Å²) in [4.78, 5) is 47.6. The minimum atomic E-state index is -2.68. The Morgan fingerprint density at radius 1 is 1.06 bits per heavy atom. The molecule has 3 aromatic rings. The van der Waals surface area contributed by atoms with E-state index in [1.807, 2.05) is 12.1 Å². The van der Waals surface area contributed by atoms with Crippen LogP contribution in [0.3, 0.4) is 0 Å². The van der Waals surface area contributed by atoms with E-state index in [2.05, 4.69) is 9.51 Å². The number of aliphatic hydroxyl groups excluding tert-OH is 2. The van der Waals surface area contributed by atoms with Crippen LogP contribution in [0.5, 0.6) is 0 Å². The van der Waals surface area contributed by atoms with Crippen LogP contribution in [0.4, 0.5) is 5.69 Å². The number of benzene rings is 1. The van der Waals surface area contributed by atoms with Crippen molar-refractivity contribution in [3.63, 3.8) is 0 Å². The molecule has 1 aliphatic rings. The van der Waals surface area contributed by atoms with E-state index in [9.17, 15) is 19.8 Å². The smallest absolute Gasteiger partial charge is 0.333 e. The molecular weight excluding hydrogens is 467 g/mol. The van der Waals surface area contributed by atoms with Crippen LogP contribution >= 0.6 is 8.60 Å². The molecule has 180 valence electrons. The highest BCUT2D eigenvalue weighted by molar-refractivity contribution is 7.39. The van der Waals surface area contributed by atoms with Gasteiger partial charge in [0.05, 0.1) is 18.8 Å². The van der Waals surface area contributed by atoms with E-state index in [1.54, 1.807) is 30.5 Å². The topological polar surface area (TPSA) is 182 Å². The lowest BCUT2D eigenvalue weighted by Gasteiger charge is -2.18. The Morgan fingerprint density at radius 3 is 2.50 bits per heavy atom. The first-order valence-corrected chi connectivity index (χ1v) is 11.4. The highest BCUT2D eigenvalue weighted by Gasteiger charge is 2.44. The molecule has 13 heteroatoms. The Labute approximate surface area is 194 Å². The molecule has 4 rings (SSSR count). The Balaban J connectivity index is 1.61. The normalized spacial score (nSPS) is 22.4. The average molecular weight is 490 g/mol. The van der Waals surface area contributed by atoms with Crippen LogP contribution < -0.4 is 17.0 Å². The predicted molar refractivity (Wildman–Crippen MR) is 121 cm³/mol. The zero-order chi connectivity index (χ0) is 24.4. The minimum Gasteiger partial charge on any atom is -0.399 e. The number of rotatable bonds is 7. The fraction of sp³-hybridized carbons (Fsp3) is 0.286. The SMILES string of the molecule is Nc1ccc(-c2ccnc(Cn3c(=O)ccn(C4OC(COP(O)O)C(O)C4O)c3=O)c2)cc1.